The lowest BCUT2D eigenvalue weighted by atomic mass is 10.1. The van der Waals surface area contributed by atoms with E-state index in [2.05, 4.69) is 65.3 Å². The molecule has 0 aliphatic carbocycles. The van der Waals surface area contributed by atoms with Crippen LogP contribution in [0.1, 0.15) is 76.2 Å². The molecule has 0 amide bonds. The highest BCUT2D eigenvalue weighted by Gasteiger charge is 2.13. The maximum atomic E-state index is 6.10. The van der Waals surface area contributed by atoms with Crippen LogP contribution in [-0.4, -0.2) is 65.3 Å². The summed E-state index contributed by atoms with van der Waals surface area (Å²) in [4.78, 5) is 16.6. The van der Waals surface area contributed by atoms with Crippen LogP contribution in [0.2, 0.25) is 0 Å². The maximum absolute atomic E-state index is 6.10. The van der Waals surface area contributed by atoms with Crippen LogP contribution in [0.5, 0.6) is 5.88 Å². The van der Waals surface area contributed by atoms with Crippen molar-refractivity contribution in [2.75, 3.05) is 50.0 Å². The van der Waals surface area contributed by atoms with Gasteiger partial charge in [-0.05, 0) is 44.7 Å². The summed E-state index contributed by atoms with van der Waals surface area (Å²) in [6.07, 6.45) is 6.16. The van der Waals surface area contributed by atoms with Gasteiger partial charge in [0.2, 0.25) is 5.88 Å². The predicted molar refractivity (Wildman–Crippen MR) is 142 cm³/mol. The minimum absolute atomic E-state index is 0.367. The zero-order chi connectivity index (χ0) is 25.0. The first-order valence-electron chi connectivity index (χ1n) is 13.3. The molecular weight excluding hydrogens is 440 g/mol. The van der Waals surface area contributed by atoms with Crippen molar-refractivity contribution in [1.82, 2.24) is 19.9 Å². The van der Waals surface area contributed by atoms with Gasteiger partial charge in [-0.1, -0.05) is 40.2 Å². The molecule has 1 aliphatic rings. The number of nitrogens with zero attached hydrogens (tertiary/aromatic N) is 4. The monoisotopic (exact) mass is 484 g/mol. The van der Waals surface area contributed by atoms with Crippen molar-refractivity contribution in [2.45, 2.75) is 78.9 Å². The van der Waals surface area contributed by atoms with Crippen molar-refractivity contribution < 1.29 is 9.47 Å². The molecule has 1 aliphatic heterocycles. The average Bonchev–Trinajstić information content (AvgIpc) is 2.86. The number of aryl methyl sites for hydroxylation is 1. The Kier molecular flexibility index (Phi) is 11.0. The zero-order valence-corrected chi connectivity index (χ0v) is 22.3. The summed E-state index contributed by atoms with van der Waals surface area (Å²) in [6, 6.07) is 4.62. The fraction of sp³-hybridized carbons (Fsp3) is 0.667. The molecule has 0 aromatic carbocycles. The molecule has 3 heterocycles. The molecule has 194 valence electrons. The Bertz CT molecular complexity index is 901. The van der Waals surface area contributed by atoms with Crippen LogP contribution in [0.25, 0.3) is 0 Å². The molecule has 2 N–H and O–H groups in total. The molecule has 0 bridgehead atoms. The lowest BCUT2D eigenvalue weighted by molar-refractivity contribution is 0.0378. The number of aromatic nitrogens is 3. The fourth-order valence-corrected chi connectivity index (χ4v) is 4.19. The van der Waals surface area contributed by atoms with E-state index in [0.717, 1.165) is 93.7 Å². The molecule has 1 unspecified atom stereocenters. The van der Waals surface area contributed by atoms with Gasteiger partial charge in [0, 0.05) is 36.9 Å². The molecule has 2 aromatic rings. The first-order chi connectivity index (χ1) is 17.0. The van der Waals surface area contributed by atoms with E-state index in [-0.39, 0.29) is 0 Å². The first kappa shape index (κ1) is 27.1. The molecule has 2 aromatic heterocycles. The van der Waals surface area contributed by atoms with Gasteiger partial charge >= 0.3 is 0 Å². The lowest BCUT2D eigenvalue weighted by Gasteiger charge is -2.26. The highest BCUT2D eigenvalue weighted by atomic mass is 16.5. The van der Waals surface area contributed by atoms with Crippen molar-refractivity contribution in [3.63, 3.8) is 0 Å². The van der Waals surface area contributed by atoms with E-state index in [1.807, 2.05) is 6.92 Å². The number of nitrogens with one attached hydrogen (secondary N) is 2. The van der Waals surface area contributed by atoms with Crippen LogP contribution in [0.4, 0.5) is 11.6 Å². The topological polar surface area (TPSA) is 84.4 Å². The molecular formula is C27H44N6O2. The van der Waals surface area contributed by atoms with Gasteiger partial charge in [0.1, 0.15) is 23.9 Å². The Morgan fingerprint density at radius 2 is 1.94 bits per heavy atom. The smallest absolute Gasteiger partial charge is 0.235 e. The summed E-state index contributed by atoms with van der Waals surface area (Å²) in [5.41, 5.74) is 2.89. The average molecular weight is 485 g/mol. The van der Waals surface area contributed by atoms with Crippen molar-refractivity contribution in [3.8, 4) is 5.88 Å². The molecule has 8 heteroatoms. The van der Waals surface area contributed by atoms with Crippen molar-refractivity contribution in [3.05, 3.63) is 35.3 Å². The van der Waals surface area contributed by atoms with E-state index in [1.54, 1.807) is 6.20 Å². The van der Waals surface area contributed by atoms with Crippen LogP contribution in [-0.2, 0) is 11.3 Å². The lowest BCUT2D eigenvalue weighted by Crippen LogP contribution is -2.37. The second kappa shape index (κ2) is 14.2. The van der Waals surface area contributed by atoms with E-state index >= 15 is 0 Å². The SMILES string of the molecule is CCCC(CC)Nc1cnc(OCc2ccc(C(C)C)nc2NCCCN2CCOCC2)c(C)n1. The Hall–Kier alpha value is -2.45. The second-order valence-electron chi connectivity index (χ2n) is 9.61. The quantitative estimate of drug-likeness (QED) is 0.362. The largest absolute Gasteiger partial charge is 0.471 e. The van der Waals surface area contributed by atoms with Crippen LogP contribution in [0, 0.1) is 6.92 Å². The standard InChI is InChI=1S/C27H44N6O2/c1-6-9-23(7-2)31-25-18-29-27(21(5)30-25)35-19-22-10-11-24(20(3)4)32-26(22)28-12-8-13-33-14-16-34-17-15-33/h10-11,18,20,23H,6-9,12-17,19H2,1-5H3,(H,28,32)(H,30,31). The van der Waals surface area contributed by atoms with Gasteiger partial charge < -0.3 is 20.1 Å². The zero-order valence-electron chi connectivity index (χ0n) is 22.3. The predicted octanol–water partition coefficient (Wildman–Crippen LogP) is 5.01. The Labute approximate surface area is 211 Å². The number of morpholine rings is 1. The summed E-state index contributed by atoms with van der Waals surface area (Å²) >= 11 is 0. The molecule has 1 atom stereocenters. The number of rotatable bonds is 14. The molecule has 0 spiro atoms. The van der Waals surface area contributed by atoms with Gasteiger partial charge in [0.05, 0.1) is 19.4 Å². The number of hydrogen-bond donors (Lipinski definition) is 2. The maximum Gasteiger partial charge on any atom is 0.235 e. The van der Waals surface area contributed by atoms with Crippen LogP contribution in [0.3, 0.4) is 0 Å². The third-order valence-electron chi connectivity index (χ3n) is 6.39. The van der Waals surface area contributed by atoms with Crippen molar-refractivity contribution in [2.24, 2.45) is 0 Å². The van der Waals surface area contributed by atoms with Crippen molar-refractivity contribution >= 4 is 11.6 Å². The molecule has 1 fully saturated rings. The van der Waals surface area contributed by atoms with Crippen LogP contribution in [0.15, 0.2) is 18.3 Å². The van der Waals surface area contributed by atoms with Gasteiger partial charge in [-0.15, -0.1) is 0 Å². The van der Waals surface area contributed by atoms with E-state index in [4.69, 9.17) is 14.5 Å². The summed E-state index contributed by atoms with van der Waals surface area (Å²) < 4.78 is 11.5. The molecule has 3 rings (SSSR count). The van der Waals surface area contributed by atoms with Gasteiger partial charge in [-0.25, -0.2) is 15.0 Å². The van der Waals surface area contributed by atoms with Gasteiger partial charge in [-0.3, -0.25) is 4.90 Å². The summed E-state index contributed by atoms with van der Waals surface area (Å²) in [7, 11) is 0. The number of ether oxygens (including phenoxy) is 2. The normalized spacial score (nSPS) is 15.3. The van der Waals surface area contributed by atoms with Crippen molar-refractivity contribution in [1.29, 1.82) is 0 Å². The molecule has 0 saturated carbocycles. The molecule has 35 heavy (non-hydrogen) atoms. The van der Waals surface area contributed by atoms with Gasteiger partial charge in [-0.2, -0.15) is 0 Å². The third kappa shape index (κ3) is 8.61. The van der Waals surface area contributed by atoms with E-state index in [1.165, 1.54) is 0 Å². The fourth-order valence-electron chi connectivity index (χ4n) is 4.19. The number of anilines is 2. The highest BCUT2D eigenvalue weighted by molar-refractivity contribution is 5.45. The molecule has 1 saturated heterocycles. The summed E-state index contributed by atoms with van der Waals surface area (Å²) in [6.45, 7) is 16.7. The van der Waals surface area contributed by atoms with Gasteiger partial charge in [0.15, 0.2) is 0 Å². The minimum atomic E-state index is 0.367. The van der Waals surface area contributed by atoms with E-state index < -0.39 is 0 Å². The van der Waals surface area contributed by atoms with Gasteiger partial charge in [0.25, 0.3) is 0 Å². The highest BCUT2D eigenvalue weighted by Crippen LogP contribution is 2.22. The first-order valence-corrected chi connectivity index (χ1v) is 13.3. The second-order valence-corrected chi connectivity index (χ2v) is 9.61. The molecule has 0 radical (unpaired) electrons. The van der Waals surface area contributed by atoms with Crippen LogP contribution >= 0.6 is 0 Å². The van der Waals surface area contributed by atoms with E-state index in [0.29, 0.717) is 24.4 Å². The Morgan fingerprint density at radius 3 is 2.63 bits per heavy atom. The Balaban J connectivity index is 1.60. The minimum Gasteiger partial charge on any atom is -0.471 e. The number of pyridine rings is 1. The number of hydrogen-bond acceptors (Lipinski definition) is 8. The third-order valence-corrected chi connectivity index (χ3v) is 6.39. The summed E-state index contributed by atoms with van der Waals surface area (Å²) in [5, 5.41) is 7.04. The van der Waals surface area contributed by atoms with Crippen LogP contribution < -0.4 is 15.4 Å². The Morgan fingerprint density at radius 1 is 1.14 bits per heavy atom. The summed E-state index contributed by atoms with van der Waals surface area (Å²) in [5.74, 6) is 2.63. The van der Waals surface area contributed by atoms with E-state index in [9.17, 15) is 0 Å². The molecule has 8 nitrogen and oxygen atoms in total.